The molecule has 3 rings (SSSR count). The zero-order valence-electron chi connectivity index (χ0n) is 11.3. The van der Waals surface area contributed by atoms with E-state index in [0.717, 1.165) is 5.56 Å². The molecule has 0 bridgehead atoms. The second-order valence-corrected chi connectivity index (χ2v) is 5.48. The summed E-state index contributed by atoms with van der Waals surface area (Å²) in [5, 5.41) is 4.02. The molecule has 0 aliphatic rings. The minimum atomic E-state index is -0.381. The van der Waals surface area contributed by atoms with Crippen LogP contribution < -0.4 is 5.32 Å². The minimum Gasteiger partial charge on any atom is -0.439 e. The number of nitrogens with zero attached hydrogens (tertiary/aromatic N) is 1. The van der Waals surface area contributed by atoms with Crippen molar-refractivity contribution in [3.63, 3.8) is 0 Å². The van der Waals surface area contributed by atoms with Crippen LogP contribution in [0.3, 0.4) is 0 Å². The van der Waals surface area contributed by atoms with Gasteiger partial charge in [0, 0.05) is 15.6 Å². The molecule has 2 aromatic carbocycles. The van der Waals surface area contributed by atoms with Crippen molar-refractivity contribution < 1.29 is 8.81 Å². The third-order valence-corrected chi connectivity index (χ3v) is 3.53. The lowest BCUT2D eigenvalue weighted by molar-refractivity contribution is 0.515. The highest BCUT2D eigenvalue weighted by Crippen LogP contribution is 2.24. The van der Waals surface area contributed by atoms with Crippen molar-refractivity contribution in [1.29, 1.82) is 0 Å². The highest BCUT2D eigenvalue weighted by molar-refractivity contribution is 6.31. The Morgan fingerprint density at radius 1 is 1.05 bits per heavy atom. The number of hydrogen-bond acceptors (Lipinski definition) is 3. The van der Waals surface area contributed by atoms with Crippen LogP contribution in [0, 0.1) is 5.82 Å². The second-order valence-electron chi connectivity index (χ2n) is 4.60. The van der Waals surface area contributed by atoms with Gasteiger partial charge in [-0.3, -0.25) is 0 Å². The van der Waals surface area contributed by atoms with Gasteiger partial charge in [0.25, 0.3) is 0 Å². The molecule has 3 aromatic rings. The van der Waals surface area contributed by atoms with Gasteiger partial charge >= 0.3 is 0 Å². The summed E-state index contributed by atoms with van der Waals surface area (Å²) in [4.78, 5) is 4.16. The topological polar surface area (TPSA) is 38.1 Å². The van der Waals surface area contributed by atoms with E-state index in [1.807, 2.05) is 12.1 Å². The smallest absolute Gasteiger partial charge is 0.214 e. The molecule has 3 nitrogen and oxygen atoms in total. The Balaban J connectivity index is 1.72. The Morgan fingerprint density at radius 2 is 1.77 bits per heavy atom. The number of benzene rings is 2. The van der Waals surface area contributed by atoms with Gasteiger partial charge in [0.1, 0.15) is 5.82 Å². The van der Waals surface area contributed by atoms with Gasteiger partial charge in [0.15, 0.2) is 5.76 Å². The number of rotatable bonds is 4. The number of oxazole rings is 1. The third-order valence-electron chi connectivity index (χ3n) is 3.04. The molecule has 0 fully saturated rings. The van der Waals surface area contributed by atoms with Crippen molar-refractivity contribution in [2.24, 2.45) is 0 Å². The van der Waals surface area contributed by atoms with Gasteiger partial charge in [-0.25, -0.2) is 9.37 Å². The molecule has 22 heavy (non-hydrogen) atoms. The number of anilines is 1. The SMILES string of the molecule is Fc1ccc(Cl)cc1NCc1ncc(-c2ccc(Cl)cc2)o1. The molecule has 0 saturated heterocycles. The second kappa shape index (κ2) is 6.38. The molecule has 0 radical (unpaired) electrons. The van der Waals surface area contributed by atoms with E-state index in [1.165, 1.54) is 18.2 Å². The highest BCUT2D eigenvalue weighted by atomic mass is 35.5. The summed E-state index contributed by atoms with van der Waals surface area (Å²) in [6.07, 6.45) is 1.62. The van der Waals surface area contributed by atoms with Crippen molar-refractivity contribution in [1.82, 2.24) is 4.98 Å². The van der Waals surface area contributed by atoms with Crippen LogP contribution in [0.1, 0.15) is 5.89 Å². The van der Waals surface area contributed by atoms with Gasteiger partial charge in [0.05, 0.1) is 18.4 Å². The molecule has 1 N–H and O–H groups in total. The van der Waals surface area contributed by atoms with Gasteiger partial charge in [-0.15, -0.1) is 0 Å². The fraction of sp³-hybridized carbons (Fsp3) is 0.0625. The molecule has 0 aliphatic carbocycles. The predicted octanol–water partition coefficient (Wildman–Crippen LogP) is 5.40. The molecule has 0 amide bonds. The molecule has 1 aromatic heterocycles. The van der Waals surface area contributed by atoms with Gasteiger partial charge in [-0.1, -0.05) is 23.2 Å². The van der Waals surface area contributed by atoms with Crippen LogP contribution in [0.5, 0.6) is 0 Å². The van der Waals surface area contributed by atoms with Crippen LogP contribution in [-0.4, -0.2) is 4.98 Å². The van der Waals surface area contributed by atoms with Crippen LogP contribution >= 0.6 is 23.2 Å². The molecule has 0 unspecified atom stereocenters. The molecule has 6 heteroatoms. The van der Waals surface area contributed by atoms with Gasteiger partial charge in [-0.05, 0) is 42.5 Å². The van der Waals surface area contributed by atoms with E-state index in [9.17, 15) is 4.39 Å². The van der Waals surface area contributed by atoms with E-state index < -0.39 is 0 Å². The maximum absolute atomic E-state index is 13.6. The lowest BCUT2D eigenvalue weighted by Crippen LogP contribution is -2.01. The van der Waals surface area contributed by atoms with Gasteiger partial charge in [-0.2, -0.15) is 0 Å². The maximum Gasteiger partial charge on any atom is 0.214 e. The quantitative estimate of drug-likeness (QED) is 0.693. The van der Waals surface area contributed by atoms with E-state index >= 15 is 0 Å². The Hall–Kier alpha value is -2.04. The van der Waals surface area contributed by atoms with E-state index in [4.69, 9.17) is 27.6 Å². The average molecular weight is 337 g/mol. The molecule has 0 atom stereocenters. The van der Waals surface area contributed by atoms with Crippen LogP contribution in [0.4, 0.5) is 10.1 Å². The Labute approximate surface area is 136 Å². The first-order chi connectivity index (χ1) is 10.6. The van der Waals surface area contributed by atoms with Gasteiger partial charge in [0.2, 0.25) is 5.89 Å². The fourth-order valence-corrected chi connectivity index (χ4v) is 2.24. The zero-order chi connectivity index (χ0) is 15.5. The van der Waals surface area contributed by atoms with Crippen molar-refractivity contribution in [2.45, 2.75) is 6.54 Å². The summed E-state index contributed by atoms with van der Waals surface area (Å²) in [6, 6.07) is 11.6. The Morgan fingerprint density at radius 3 is 2.55 bits per heavy atom. The Bertz CT molecular complexity index is 787. The molecule has 112 valence electrons. The van der Waals surface area contributed by atoms with Crippen molar-refractivity contribution in [2.75, 3.05) is 5.32 Å². The largest absolute Gasteiger partial charge is 0.439 e. The molecular formula is C16H11Cl2FN2O. The normalized spacial score (nSPS) is 10.7. The number of nitrogens with one attached hydrogen (secondary N) is 1. The number of halogens is 3. The number of aromatic nitrogens is 1. The third kappa shape index (κ3) is 3.40. The van der Waals surface area contributed by atoms with Crippen LogP contribution in [-0.2, 0) is 6.54 Å². The van der Waals surface area contributed by atoms with E-state index in [0.29, 0.717) is 27.4 Å². The first kappa shape index (κ1) is 14.9. The lowest BCUT2D eigenvalue weighted by atomic mass is 10.2. The summed E-state index contributed by atoms with van der Waals surface area (Å²) < 4.78 is 19.2. The molecule has 0 aliphatic heterocycles. The monoisotopic (exact) mass is 336 g/mol. The van der Waals surface area contributed by atoms with Crippen molar-refractivity contribution in [3.05, 3.63) is 70.4 Å². The highest BCUT2D eigenvalue weighted by Gasteiger charge is 2.08. The summed E-state index contributed by atoms with van der Waals surface area (Å²) in [7, 11) is 0. The predicted molar refractivity (Wildman–Crippen MR) is 85.7 cm³/mol. The van der Waals surface area contributed by atoms with Crippen LogP contribution in [0.25, 0.3) is 11.3 Å². The Kier molecular flexibility index (Phi) is 4.32. The summed E-state index contributed by atoms with van der Waals surface area (Å²) >= 11 is 11.7. The minimum absolute atomic E-state index is 0.255. The fourth-order valence-electron chi connectivity index (χ4n) is 1.94. The van der Waals surface area contributed by atoms with Crippen molar-refractivity contribution in [3.8, 4) is 11.3 Å². The number of hydrogen-bond donors (Lipinski definition) is 1. The summed E-state index contributed by atoms with van der Waals surface area (Å²) in [6.45, 7) is 0.255. The zero-order valence-corrected chi connectivity index (χ0v) is 12.8. The van der Waals surface area contributed by atoms with E-state index in [2.05, 4.69) is 10.3 Å². The lowest BCUT2D eigenvalue weighted by Gasteiger charge is -2.05. The molecule has 0 spiro atoms. The van der Waals surface area contributed by atoms with Crippen LogP contribution in [0.2, 0.25) is 10.0 Å². The summed E-state index contributed by atoms with van der Waals surface area (Å²) in [5.41, 5.74) is 1.18. The molecule has 0 saturated carbocycles. The molecular weight excluding hydrogens is 326 g/mol. The van der Waals surface area contributed by atoms with E-state index in [1.54, 1.807) is 18.3 Å². The molecule has 1 heterocycles. The maximum atomic E-state index is 13.6. The van der Waals surface area contributed by atoms with Gasteiger partial charge < -0.3 is 9.73 Å². The van der Waals surface area contributed by atoms with Crippen LogP contribution in [0.15, 0.2) is 53.1 Å². The van der Waals surface area contributed by atoms with Crippen molar-refractivity contribution >= 4 is 28.9 Å². The first-order valence-electron chi connectivity index (χ1n) is 6.51. The summed E-state index contributed by atoms with van der Waals surface area (Å²) in [5.74, 6) is 0.693. The van der Waals surface area contributed by atoms with E-state index in [-0.39, 0.29) is 12.4 Å². The average Bonchev–Trinajstić information content (AvgIpc) is 2.98. The standard InChI is InChI=1S/C16H11Cl2FN2O/c17-11-3-1-10(2-4-11)15-8-21-16(22-15)9-20-14-7-12(18)5-6-13(14)19/h1-8,20H,9H2. The first-order valence-corrected chi connectivity index (χ1v) is 7.27.